The lowest BCUT2D eigenvalue weighted by molar-refractivity contribution is 0.0691. The maximum Gasteiger partial charge on any atom is 0.356 e. The maximum atomic E-state index is 13.9. The smallest absolute Gasteiger partial charge is 0.356 e. The Morgan fingerprint density at radius 2 is 1.85 bits per heavy atom. The number of carboxylic acid groups (broad SMARTS) is 1. The fourth-order valence-electron chi connectivity index (χ4n) is 3.83. The molecule has 0 saturated carbocycles. The van der Waals surface area contributed by atoms with Gasteiger partial charge in [0.25, 0.3) is 0 Å². The first-order valence-corrected chi connectivity index (χ1v) is 10.6. The van der Waals surface area contributed by atoms with Crippen LogP contribution in [-0.4, -0.2) is 16.1 Å². The van der Waals surface area contributed by atoms with Crippen LogP contribution in [0.5, 0.6) is 0 Å². The predicted molar refractivity (Wildman–Crippen MR) is 126 cm³/mol. The van der Waals surface area contributed by atoms with Gasteiger partial charge in [0.1, 0.15) is 16.5 Å². The van der Waals surface area contributed by atoms with Gasteiger partial charge in [-0.05, 0) is 62.7 Å². The van der Waals surface area contributed by atoms with Crippen LogP contribution in [0.4, 0.5) is 14.5 Å². The molecule has 9 heteroatoms. The van der Waals surface area contributed by atoms with E-state index in [-0.39, 0.29) is 44.4 Å². The number of nitrogens with zero attached hydrogens (tertiary/aromatic N) is 1. The number of aromatic carboxylic acids is 1. The van der Waals surface area contributed by atoms with E-state index in [1.165, 1.54) is 18.2 Å². The summed E-state index contributed by atoms with van der Waals surface area (Å²) < 4.78 is 33.4. The van der Waals surface area contributed by atoms with Gasteiger partial charge < -0.3 is 14.8 Å². The lowest BCUT2D eigenvalue weighted by Crippen LogP contribution is -2.14. The Bertz CT molecular complexity index is 1520. The number of hydrogen-bond donors (Lipinski definition) is 2. The van der Waals surface area contributed by atoms with E-state index < -0.39 is 23.6 Å². The molecule has 2 aromatic carbocycles. The minimum absolute atomic E-state index is 0.0363. The van der Waals surface area contributed by atoms with Crippen LogP contribution in [-0.2, 0) is 0 Å². The average Bonchev–Trinajstić information content (AvgIpc) is 2.79. The molecule has 0 fully saturated rings. The number of benzene rings is 2. The molecule has 0 amide bonds. The lowest BCUT2D eigenvalue weighted by Gasteiger charge is -2.19. The molecule has 0 aliphatic rings. The van der Waals surface area contributed by atoms with Gasteiger partial charge in [-0.15, -0.1) is 0 Å². The quantitative estimate of drug-likeness (QED) is 0.324. The summed E-state index contributed by atoms with van der Waals surface area (Å²) in [6.07, 6.45) is 0. The number of aryl methyl sites for hydroxylation is 1. The molecule has 1 unspecified atom stereocenters. The number of nitrogens with one attached hydrogen (secondary N) is 1. The minimum Gasteiger partial charge on any atom is -0.476 e. The molecule has 4 aromatic rings. The molecule has 4 rings (SSSR count). The highest BCUT2D eigenvalue weighted by Gasteiger charge is 2.21. The largest absolute Gasteiger partial charge is 0.476 e. The first kappa shape index (κ1) is 23.4. The average molecular weight is 485 g/mol. The number of anilines is 1. The molecule has 2 aromatic heterocycles. The Labute approximate surface area is 197 Å². The third-order valence-electron chi connectivity index (χ3n) is 5.48. The molecule has 0 aliphatic heterocycles. The summed E-state index contributed by atoms with van der Waals surface area (Å²) in [6.45, 7) is 5.15. The normalized spacial score (nSPS) is 12.1. The van der Waals surface area contributed by atoms with Gasteiger partial charge in [0.15, 0.2) is 22.8 Å². The molecule has 0 bridgehead atoms. The second-order valence-electron chi connectivity index (χ2n) is 7.95. The first-order valence-electron chi connectivity index (χ1n) is 10.3. The standard InChI is InChI=1S/C25H19ClF2N2O4/c1-11-8-15(13(3)29-19-6-7-20(26)30-21(19)25(32)33)24-16(9-11)22(31)12(2)23(34-24)14-4-5-17(27)18(28)10-14/h4-10,13,29H,1-3H3,(H,32,33). The third kappa shape index (κ3) is 4.24. The summed E-state index contributed by atoms with van der Waals surface area (Å²) in [6, 6.07) is 9.21. The molecule has 2 N–H and O–H groups in total. The van der Waals surface area contributed by atoms with Crippen LogP contribution in [0.25, 0.3) is 22.3 Å². The van der Waals surface area contributed by atoms with Gasteiger partial charge in [0.05, 0.1) is 17.1 Å². The molecule has 6 nitrogen and oxygen atoms in total. The summed E-state index contributed by atoms with van der Waals surface area (Å²) in [7, 11) is 0. The Balaban J connectivity index is 1.89. The first-order chi connectivity index (χ1) is 16.1. The summed E-state index contributed by atoms with van der Waals surface area (Å²) in [5.74, 6) is -3.21. The second-order valence-corrected chi connectivity index (χ2v) is 8.33. The van der Waals surface area contributed by atoms with Gasteiger partial charge in [-0.1, -0.05) is 17.7 Å². The Kier molecular flexibility index (Phi) is 6.10. The highest BCUT2D eigenvalue weighted by Crippen LogP contribution is 2.33. The highest BCUT2D eigenvalue weighted by atomic mass is 35.5. The van der Waals surface area contributed by atoms with Crippen molar-refractivity contribution in [1.29, 1.82) is 0 Å². The molecule has 0 radical (unpaired) electrons. The van der Waals surface area contributed by atoms with Crippen molar-refractivity contribution in [3.63, 3.8) is 0 Å². The number of aromatic nitrogens is 1. The number of pyridine rings is 1. The van der Waals surface area contributed by atoms with Crippen LogP contribution >= 0.6 is 11.6 Å². The van der Waals surface area contributed by atoms with Gasteiger partial charge >= 0.3 is 5.97 Å². The van der Waals surface area contributed by atoms with Crippen molar-refractivity contribution in [2.75, 3.05) is 5.32 Å². The molecule has 0 saturated heterocycles. The predicted octanol–water partition coefficient (Wildman–Crippen LogP) is 6.27. The molecular formula is C25H19ClF2N2O4. The monoisotopic (exact) mass is 484 g/mol. The van der Waals surface area contributed by atoms with Crippen molar-refractivity contribution in [3.8, 4) is 11.3 Å². The lowest BCUT2D eigenvalue weighted by atomic mass is 9.98. The molecule has 174 valence electrons. The van der Waals surface area contributed by atoms with Crippen molar-refractivity contribution < 1.29 is 23.1 Å². The van der Waals surface area contributed by atoms with Crippen molar-refractivity contribution in [1.82, 2.24) is 4.98 Å². The molecule has 0 spiro atoms. The topological polar surface area (TPSA) is 92.4 Å². The Morgan fingerprint density at radius 1 is 1.12 bits per heavy atom. The van der Waals surface area contributed by atoms with E-state index in [1.807, 2.05) is 6.92 Å². The van der Waals surface area contributed by atoms with Crippen LogP contribution in [0.1, 0.15) is 40.1 Å². The maximum absolute atomic E-state index is 13.9. The number of carbonyl (C=O) groups is 1. The van der Waals surface area contributed by atoms with Crippen LogP contribution in [0, 0.1) is 25.5 Å². The minimum atomic E-state index is -1.26. The summed E-state index contributed by atoms with van der Waals surface area (Å²) >= 11 is 5.84. The van der Waals surface area contributed by atoms with Crippen LogP contribution in [0.15, 0.2) is 51.7 Å². The number of rotatable bonds is 5. The van der Waals surface area contributed by atoms with Crippen LogP contribution < -0.4 is 10.7 Å². The van der Waals surface area contributed by atoms with Crippen LogP contribution in [0.3, 0.4) is 0 Å². The molecule has 34 heavy (non-hydrogen) atoms. The van der Waals surface area contributed by atoms with E-state index in [0.717, 1.165) is 17.7 Å². The van der Waals surface area contributed by atoms with Gasteiger partial charge in [-0.25, -0.2) is 18.6 Å². The second kappa shape index (κ2) is 8.87. The molecule has 2 heterocycles. The van der Waals surface area contributed by atoms with E-state index in [1.54, 1.807) is 26.0 Å². The van der Waals surface area contributed by atoms with Crippen molar-refractivity contribution in [2.24, 2.45) is 0 Å². The van der Waals surface area contributed by atoms with E-state index >= 15 is 0 Å². The third-order valence-corrected chi connectivity index (χ3v) is 5.69. The fraction of sp³-hybridized carbons (Fsp3) is 0.160. The Hall–Kier alpha value is -3.78. The van der Waals surface area contributed by atoms with E-state index in [2.05, 4.69) is 10.3 Å². The number of hydrogen-bond acceptors (Lipinski definition) is 5. The summed E-state index contributed by atoms with van der Waals surface area (Å²) in [4.78, 5) is 28.7. The van der Waals surface area contributed by atoms with Gasteiger partial charge in [-0.3, -0.25) is 4.79 Å². The van der Waals surface area contributed by atoms with E-state index in [0.29, 0.717) is 10.9 Å². The SMILES string of the molecule is Cc1cc(C(C)Nc2ccc(Cl)nc2C(=O)O)c2oc(-c3ccc(F)c(F)c3)c(C)c(=O)c2c1. The van der Waals surface area contributed by atoms with Gasteiger partial charge in [0, 0.05) is 16.7 Å². The fourth-order valence-corrected chi connectivity index (χ4v) is 3.98. The Morgan fingerprint density at radius 3 is 2.53 bits per heavy atom. The van der Waals surface area contributed by atoms with Crippen molar-refractivity contribution in [2.45, 2.75) is 26.8 Å². The van der Waals surface area contributed by atoms with Gasteiger partial charge in [0.2, 0.25) is 0 Å². The van der Waals surface area contributed by atoms with Gasteiger partial charge in [-0.2, -0.15) is 0 Å². The number of fused-ring (bicyclic) bond motifs is 1. The zero-order valence-electron chi connectivity index (χ0n) is 18.4. The molecule has 0 aliphatic carbocycles. The molecule has 1 atom stereocenters. The summed E-state index contributed by atoms with van der Waals surface area (Å²) in [5, 5.41) is 12.9. The zero-order valence-corrected chi connectivity index (χ0v) is 19.1. The van der Waals surface area contributed by atoms with Crippen LogP contribution in [0.2, 0.25) is 5.15 Å². The summed E-state index contributed by atoms with van der Waals surface area (Å²) in [5.41, 5.74) is 1.75. The van der Waals surface area contributed by atoms with Crippen molar-refractivity contribution in [3.05, 3.63) is 91.9 Å². The van der Waals surface area contributed by atoms with E-state index in [4.69, 9.17) is 16.0 Å². The number of halogens is 3. The molecular weight excluding hydrogens is 466 g/mol. The number of carboxylic acids is 1. The van der Waals surface area contributed by atoms with E-state index in [9.17, 15) is 23.5 Å². The highest BCUT2D eigenvalue weighted by molar-refractivity contribution is 6.29. The van der Waals surface area contributed by atoms with Crippen molar-refractivity contribution >= 4 is 34.2 Å². The zero-order chi connectivity index (χ0) is 24.7.